The fraction of sp³-hybridized carbons (Fsp3) is 0.583. The first-order chi connectivity index (χ1) is 7.79. The topological polar surface area (TPSA) is 59.0 Å². The van der Waals surface area contributed by atoms with Crippen molar-refractivity contribution < 1.29 is 4.74 Å². The number of rotatable bonds is 7. The highest BCUT2D eigenvalue weighted by Crippen LogP contribution is 2.30. The summed E-state index contributed by atoms with van der Waals surface area (Å²) in [6, 6.07) is 2.07. The van der Waals surface area contributed by atoms with Crippen molar-refractivity contribution in [3.8, 4) is 11.8 Å². The summed E-state index contributed by atoms with van der Waals surface area (Å²) in [5.74, 6) is 0.639. The molecule has 1 heterocycles. The zero-order valence-corrected chi connectivity index (χ0v) is 10.5. The molecular formula is C12H18N2OS. The van der Waals surface area contributed by atoms with Crippen LogP contribution < -0.4 is 10.5 Å². The van der Waals surface area contributed by atoms with E-state index >= 15 is 0 Å². The fourth-order valence-electron chi connectivity index (χ4n) is 1.46. The Bertz CT molecular complexity index is 354. The SMILES string of the molecule is CCCCCCCOc1csc(N)c1C#N. The van der Waals surface area contributed by atoms with Crippen molar-refractivity contribution in [1.29, 1.82) is 5.26 Å². The molecule has 0 amide bonds. The predicted molar refractivity (Wildman–Crippen MR) is 67.7 cm³/mol. The van der Waals surface area contributed by atoms with Gasteiger partial charge in [0.25, 0.3) is 0 Å². The molecular weight excluding hydrogens is 220 g/mol. The third-order valence-electron chi connectivity index (χ3n) is 2.40. The van der Waals surface area contributed by atoms with Crippen LogP contribution in [0.3, 0.4) is 0 Å². The monoisotopic (exact) mass is 238 g/mol. The smallest absolute Gasteiger partial charge is 0.149 e. The number of ether oxygens (including phenoxy) is 1. The predicted octanol–water partition coefficient (Wildman–Crippen LogP) is 3.55. The summed E-state index contributed by atoms with van der Waals surface area (Å²) in [6.07, 6.45) is 6.03. The van der Waals surface area contributed by atoms with Gasteiger partial charge >= 0.3 is 0 Å². The minimum absolute atomic E-state index is 0.485. The third-order valence-corrected chi connectivity index (χ3v) is 3.19. The summed E-state index contributed by atoms with van der Waals surface area (Å²) >= 11 is 1.36. The zero-order chi connectivity index (χ0) is 11.8. The van der Waals surface area contributed by atoms with Gasteiger partial charge in [-0.3, -0.25) is 0 Å². The fourth-order valence-corrected chi connectivity index (χ4v) is 2.14. The van der Waals surface area contributed by atoms with Gasteiger partial charge in [-0.05, 0) is 6.42 Å². The van der Waals surface area contributed by atoms with Crippen molar-refractivity contribution in [3.05, 3.63) is 10.9 Å². The Kier molecular flexibility index (Phi) is 5.73. The van der Waals surface area contributed by atoms with E-state index in [-0.39, 0.29) is 0 Å². The second-order valence-corrected chi connectivity index (χ2v) is 4.62. The van der Waals surface area contributed by atoms with Gasteiger partial charge in [-0.15, -0.1) is 11.3 Å². The molecule has 0 aliphatic heterocycles. The van der Waals surface area contributed by atoms with Gasteiger partial charge in [-0.25, -0.2) is 0 Å². The molecule has 1 rings (SSSR count). The van der Waals surface area contributed by atoms with E-state index in [4.69, 9.17) is 15.7 Å². The van der Waals surface area contributed by atoms with Crippen LogP contribution in [0.5, 0.6) is 5.75 Å². The molecule has 1 aromatic heterocycles. The Balaban J connectivity index is 2.25. The maximum absolute atomic E-state index is 8.86. The average Bonchev–Trinajstić information content (AvgIpc) is 2.64. The van der Waals surface area contributed by atoms with Gasteiger partial charge < -0.3 is 10.5 Å². The molecule has 1 aromatic rings. The first kappa shape index (κ1) is 12.9. The molecule has 4 heteroatoms. The minimum Gasteiger partial charge on any atom is -0.491 e. The van der Waals surface area contributed by atoms with Crippen LogP contribution >= 0.6 is 11.3 Å². The Labute approximate surface area is 101 Å². The molecule has 0 aliphatic rings. The first-order valence-corrected chi connectivity index (χ1v) is 6.57. The van der Waals surface area contributed by atoms with Gasteiger partial charge in [0, 0.05) is 5.38 Å². The molecule has 0 bridgehead atoms. The van der Waals surface area contributed by atoms with E-state index in [9.17, 15) is 0 Å². The number of hydrogen-bond acceptors (Lipinski definition) is 4. The van der Waals surface area contributed by atoms with Crippen LogP contribution in [0.25, 0.3) is 0 Å². The van der Waals surface area contributed by atoms with E-state index < -0.39 is 0 Å². The van der Waals surface area contributed by atoms with Crippen LogP contribution in [0.15, 0.2) is 5.38 Å². The van der Waals surface area contributed by atoms with Gasteiger partial charge in [0.2, 0.25) is 0 Å². The second-order valence-electron chi connectivity index (χ2n) is 3.71. The van der Waals surface area contributed by atoms with E-state index in [2.05, 4.69) is 13.0 Å². The summed E-state index contributed by atoms with van der Waals surface area (Å²) in [4.78, 5) is 0. The standard InChI is InChI=1S/C12H18N2OS/c1-2-3-4-5-6-7-15-11-9-16-12(14)10(11)8-13/h9H,2-7,14H2,1H3. The van der Waals surface area contributed by atoms with E-state index in [1.54, 1.807) is 5.38 Å². The molecule has 3 nitrogen and oxygen atoms in total. The molecule has 0 unspecified atom stereocenters. The van der Waals surface area contributed by atoms with Crippen LogP contribution in [0.2, 0.25) is 0 Å². The lowest BCUT2D eigenvalue weighted by molar-refractivity contribution is 0.305. The van der Waals surface area contributed by atoms with Gasteiger partial charge in [0.05, 0.1) is 6.61 Å². The van der Waals surface area contributed by atoms with Crippen molar-refractivity contribution in [2.24, 2.45) is 0 Å². The third kappa shape index (κ3) is 3.74. The van der Waals surface area contributed by atoms with Crippen molar-refractivity contribution >= 4 is 16.3 Å². The molecule has 0 saturated heterocycles. The van der Waals surface area contributed by atoms with Crippen LogP contribution in [0, 0.1) is 11.3 Å². The van der Waals surface area contributed by atoms with Crippen LogP contribution in [-0.2, 0) is 0 Å². The van der Waals surface area contributed by atoms with Crippen molar-refractivity contribution in [3.63, 3.8) is 0 Å². The van der Waals surface area contributed by atoms with Crippen molar-refractivity contribution in [1.82, 2.24) is 0 Å². The lowest BCUT2D eigenvalue weighted by atomic mass is 10.2. The molecule has 2 N–H and O–H groups in total. The van der Waals surface area contributed by atoms with Gasteiger partial charge in [-0.1, -0.05) is 32.6 Å². The average molecular weight is 238 g/mol. The largest absolute Gasteiger partial charge is 0.491 e. The van der Waals surface area contributed by atoms with Crippen LogP contribution in [0.4, 0.5) is 5.00 Å². The highest BCUT2D eigenvalue weighted by molar-refractivity contribution is 7.14. The zero-order valence-electron chi connectivity index (χ0n) is 9.66. The summed E-state index contributed by atoms with van der Waals surface area (Å²) in [6.45, 7) is 2.87. The number of hydrogen-bond donors (Lipinski definition) is 1. The molecule has 0 spiro atoms. The summed E-state index contributed by atoms with van der Waals surface area (Å²) in [5, 5.41) is 11.2. The Morgan fingerprint density at radius 3 is 2.81 bits per heavy atom. The van der Waals surface area contributed by atoms with E-state index in [0.717, 1.165) is 6.42 Å². The quantitative estimate of drug-likeness (QED) is 0.739. The first-order valence-electron chi connectivity index (χ1n) is 5.69. The summed E-state index contributed by atoms with van der Waals surface area (Å²) in [5.41, 5.74) is 6.12. The lowest BCUT2D eigenvalue weighted by Crippen LogP contribution is -1.98. The number of nitrogen functional groups attached to an aromatic ring is 1. The van der Waals surface area contributed by atoms with Crippen molar-refractivity contribution in [2.75, 3.05) is 12.3 Å². The molecule has 88 valence electrons. The van der Waals surface area contributed by atoms with E-state index in [1.165, 1.54) is 37.0 Å². The molecule has 16 heavy (non-hydrogen) atoms. The second kappa shape index (κ2) is 7.13. The van der Waals surface area contributed by atoms with Crippen LogP contribution in [0.1, 0.15) is 44.6 Å². The highest BCUT2D eigenvalue weighted by Gasteiger charge is 2.09. The maximum atomic E-state index is 8.86. The van der Waals surface area contributed by atoms with Gasteiger partial charge in [-0.2, -0.15) is 5.26 Å². The summed E-state index contributed by atoms with van der Waals surface area (Å²) < 4.78 is 5.54. The Morgan fingerprint density at radius 2 is 2.12 bits per heavy atom. The molecule has 0 saturated carbocycles. The number of anilines is 1. The number of nitriles is 1. The maximum Gasteiger partial charge on any atom is 0.149 e. The minimum atomic E-state index is 0.485. The van der Waals surface area contributed by atoms with Crippen molar-refractivity contribution in [2.45, 2.75) is 39.0 Å². The Morgan fingerprint density at radius 1 is 1.38 bits per heavy atom. The van der Waals surface area contributed by atoms with Crippen LogP contribution in [-0.4, -0.2) is 6.61 Å². The Hall–Kier alpha value is -1.21. The molecule has 0 aromatic carbocycles. The number of unbranched alkanes of at least 4 members (excludes halogenated alkanes) is 4. The number of thiophene rings is 1. The highest BCUT2D eigenvalue weighted by atomic mass is 32.1. The van der Waals surface area contributed by atoms with E-state index in [0.29, 0.717) is 22.9 Å². The number of nitrogens with two attached hydrogens (primary N) is 1. The molecule has 0 atom stereocenters. The normalized spacial score (nSPS) is 10.0. The summed E-state index contributed by atoms with van der Waals surface area (Å²) in [7, 11) is 0. The lowest BCUT2D eigenvalue weighted by Gasteiger charge is -2.04. The van der Waals surface area contributed by atoms with Gasteiger partial charge in [0.1, 0.15) is 22.4 Å². The molecule has 0 fully saturated rings. The number of nitrogens with zero attached hydrogens (tertiary/aromatic N) is 1. The van der Waals surface area contributed by atoms with Gasteiger partial charge in [0.15, 0.2) is 0 Å². The molecule has 0 aliphatic carbocycles. The van der Waals surface area contributed by atoms with E-state index in [1.807, 2.05) is 0 Å². The molecule has 0 radical (unpaired) electrons.